The number of methoxy groups -OCH3 is 2. The fourth-order valence-corrected chi connectivity index (χ4v) is 5.40. The van der Waals surface area contributed by atoms with Crippen LogP contribution in [0.3, 0.4) is 0 Å². The minimum absolute atomic E-state index is 0.228. The Hall–Kier alpha value is -1.58. The Bertz CT molecular complexity index is 979. The van der Waals surface area contributed by atoms with Crippen LogP contribution in [0, 0.1) is 0 Å². The van der Waals surface area contributed by atoms with Gasteiger partial charge in [0.2, 0.25) is 0 Å². The molecule has 10 heteroatoms. The minimum atomic E-state index is -0.228. The van der Waals surface area contributed by atoms with Gasteiger partial charge in [-0.15, -0.1) is 11.3 Å². The molecular weight excluding hydrogens is 453 g/mol. The molecule has 3 aromatic rings. The van der Waals surface area contributed by atoms with Crippen LogP contribution in [0.4, 0.5) is 5.13 Å². The Morgan fingerprint density at radius 1 is 1.10 bits per heavy atom. The van der Waals surface area contributed by atoms with Crippen molar-refractivity contribution in [3.8, 4) is 11.5 Å². The van der Waals surface area contributed by atoms with Gasteiger partial charge in [-0.05, 0) is 45.3 Å². The molecule has 2 heterocycles. The number of carbonyl (C=O) groups is 1. The molecule has 0 spiro atoms. The lowest BCUT2D eigenvalue weighted by Crippen LogP contribution is -2.33. The molecule has 0 atom stereocenters. The number of hydrogen-bond acceptors (Lipinski definition) is 7. The SMILES string of the molecule is COc1ccc(OC)c2sc(N(CCCN(C)C)C(=O)c3cc(Cl)sc3Cl)nc12. The lowest BCUT2D eigenvalue weighted by atomic mass is 10.2. The van der Waals surface area contributed by atoms with Gasteiger partial charge in [0.25, 0.3) is 5.91 Å². The first-order valence-electron chi connectivity index (χ1n) is 8.78. The summed E-state index contributed by atoms with van der Waals surface area (Å²) in [6.45, 7) is 1.32. The van der Waals surface area contributed by atoms with Gasteiger partial charge in [-0.25, -0.2) is 4.98 Å². The predicted molar refractivity (Wildman–Crippen MR) is 122 cm³/mol. The van der Waals surface area contributed by atoms with Gasteiger partial charge in [-0.2, -0.15) is 0 Å². The number of halogens is 2. The number of aromatic nitrogens is 1. The van der Waals surface area contributed by atoms with Crippen LogP contribution in [-0.2, 0) is 0 Å². The zero-order valence-corrected chi connectivity index (χ0v) is 19.6. The van der Waals surface area contributed by atoms with Crippen molar-refractivity contribution in [1.29, 1.82) is 0 Å². The minimum Gasteiger partial charge on any atom is -0.495 e. The number of thiazole rings is 1. The molecule has 0 fully saturated rings. The van der Waals surface area contributed by atoms with Crippen LogP contribution in [0.15, 0.2) is 18.2 Å². The molecule has 0 bridgehead atoms. The summed E-state index contributed by atoms with van der Waals surface area (Å²) >= 11 is 14.9. The molecule has 0 saturated heterocycles. The Morgan fingerprint density at radius 3 is 2.38 bits per heavy atom. The zero-order chi connectivity index (χ0) is 21.1. The number of anilines is 1. The molecule has 2 aromatic heterocycles. The summed E-state index contributed by atoms with van der Waals surface area (Å²) in [5.41, 5.74) is 1.04. The first kappa shape index (κ1) is 22.1. The van der Waals surface area contributed by atoms with E-state index in [9.17, 15) is 4.79 Å². The van der Waals surface area contributed by atoms with E-state index in [0.29, 0.717) is 42.9 Å². The Labute approximate surface area is 187 Å². The van der Waals surface area contributed by atoms with Crippen molar-refractivity contribution in [1.82, 2.24) is 9.88 Å². The number of carbonyl (C=O) groups excluding carboxylic acids is 1. The Kier molecular flexibility index (Phi) is 7.23. The van der Waals surface area contributed by atoms with E-state index < -0.39 is 0 Å². The number of fused-ring (bicyclic) bond motifs is 1. The molecule has 156 valence electrons. The zero-order valence-electron chi connectivity index (χ0n) is 16.5. The Balaban J connectivity index is 2.05. The Morgan fingerprint density at radius 2 is 1.79 bits per heavy atom. The van der Waals surface area contributed by atoms with Gasteiger partial charge in [0.05, 0.1) is 24.1 Å². The summed E-state index contributed by atoms with van der Waals surface area (Å²) in [4.78, 5) is 21.7. The van der Waals surface area contributed by atoms with Crippen molar-refractivity contribution in [3.05, 3.63) is 32.4 Å². The van der Waals surface area contributed by atoms with Crippen LogP contribution in [0.1, 0.15) is 16.8 Å². The molecular formula is C19H21Cl2N3O3S2. The van der Waals surface area contributed by atoms with E-state index in [4.69, 9.17) is 37.7 Å². The molecule has 3 rings (SSSR count). The van der Waals surface area contributed by atoms with Crippen LogP contribution >= 0.6 is 45.9 Å². The normalized spacial score (nSPS) is 11.3. The first-order valence-corrected chi connectivity index (χ1v) is 11.2. The maximum Gasteiger partial charge on any atom is 0.262 e. The van der Waals surface area contributed by atoms with Crippen molar-refractivity contribution in [2.75, 3.05) is 46.3 Å². The van der Waals surface area contributed by atoms with Gasteiger partial charge in [0.1, 0.15) is 26.1 Å². The lowest BCUT2D eigenvalue weighted by Gasteiger charge is -2.20. The number of benzene rings is 1. The second-order valence-corrected chi connectivity index (χ2v) is 9.76. The van der Waals surface area contributed by atoms with E-state index in [0.717, 1.165) is 17.7 Å². The third-order valence-electron chi connectivity index (χ3n) is 4.25. The highest BCUT2D eigenvalue weighted by atomic mass is 35.5. The summed E-state index contributed by atoms with van der Waals surface area (Å²) in [6, 6.07) is 5.24. The third kappa shape index (κ3) is 4.78. The van der Waals surface area contributed by atoms with Crippen molar-refractivity contribution in [3.63, 3.8) is 0 Å². The number of ether oxygens (including phenoxy) is 2. The van der Waals surface area contributed by atoms with Crippen LogP contribution in [0.5, 0.6) is 11.5 Å². The molecule has 0 unspecified atom stereocenters. The van der Waals surface area contributed by atoms with E-state index in [1.165, 1.54) is 22.7 Å². The maximum absolute atomic E-state index is 13.3. The predicted octanol–water partition coefficient (Wildman–Crippen LogP) is 5.28. The summed E-state index contributed by atoms with van der Waals surface area (Å²) in [5.74, 6) is 1.08. The van der Waals surface area contributed by atoms with Crippen LogP contribution in [0.2, 0.25) is 8.67 Å². The molecule has 0 saturated carbocycles. The average Bonchev–Trinajstić information content (AvgIpc) is 3.26. The van der Waals surface area contributed by atoms with E-state index in [1.54, 1.807) is 31.3 Å². The number of hydrogen-bond donors (Lipinski definition) is 0. The number of nitrogens with zero attached hydrogens (tertiary/aromatic N) is 3. The fraction of sp³-hybridized carbons (Fsp3) is 0.368. The monoisotopic (exact) mass is 473 g/mol. The van der Waals surface area contributed by atoms with Crippen LogP contribution < -0.4 is 14.4 Å². The van der Waals surface area contributed by atoms with Crippen molar-refractivity contribution < 1.29 is 14.3 Å². The smallest absolute Gasteiger partial charge is 0.262 e. The van der Waals surface area contributed by atoms with Gasteiger partial charge in [-0.1, -0.05) is 34.5 Å². The van der Waals surface area contributed by atoms with Gasteiger partial charge in [-0.3, -0.25) is 9.69 Å². The van der Waals surface area contributed by atoms with E-state index in [-0.39, 0.29) is 5.91 Å². The molecule has 0 radical (unpaired) electrons. The summed E-state index contributed by atoms with van der Waals surface area (Å²) in [6.07, 6.45) is 0.776. The number of rotatable bonds is 8. The molecule has 0 aliphatic heterocycles. The van der Waals surface area contributed by atoms with E-state index >= 15 is 0 Å². The molecule has 0 aliphatic carbocycles. The molecule has 0 N–H and O–H groups in total. The average molecular weight is 474 g/mol. The van der Waals surface area contributed by atoms with Crippen molar-refractivity contribution >= 4 is 67.1 Å². The van der Waals surface area contributed by atoms with Crippen molar-refractivity contribution in [2.24, 2.45) is 0 Å². The highest BCUT2D eigenvalue weighted by Gasteiger charge is 2.26. The lowest BCUT2D eigenvalue weighted by molar-refractivity contribution is 0.0986. The van der Waals surface area contributed by atoms with Crippen molar-refractivity contribution in [2.45, 2.75) is 6.42 Å². The second kappa shape index (κ2) is 9.49. The van der Waals surface area contributed by atoms with Gasteiger partial charge in [0.15, 0.2) is 5.13 Å². The van der Waals surface area contributed by atoms with E-state index in [1.807, 2.05) is 20.2 Å². The first-order chi connectivity index (χ1) is 13.8. The van der Waals surface area contributed by atoms with Gasteiger partial charge in [0, 0.05) is 6.54 Å². The summed E-state index contributed by atoms with van der Waals surface area (Å²) < 4.78 is 12.6. The standard InChI is InChI=1S/C19H21Cl2N3O3S2/c1-23(2)8-5-9-24(18(25)11-10-14(20)28-17(11)21)19-22-15-12(26-3)6-7-13(27-4)16(15)29-19/h6-7,10H,5,8-9H2,1-4H3. The quantitative estimate of drug-likeness (QED) is 0.445. The molecule has 1 aromatic carbocycles. The highest BCUT2D eigenvalue weighted by molar-refractivity contribution is 7.23. The number of thiophene rings is 1. The third-order valence-corrected chi connectivity index (χ3v) is 6.83. The van der Waals surface area contributed by atoms with Crippen LogP contribution in [-0.4, -0.2) is 57.2 Å². The topological polar surface area (TPSA) is 54.9 Å². The highest BCUT2D eigenvalue weighted by Crippen LogP contribution is 2.41. The largest absolute Gasteiger partial charge is 0.495 e. The molecule has 0 aliphatic rings. The molecule has 29 heavy (non-hydrogen) atoms. The maximum atomic E-state index is 13.3. The molecule has 1 amide bonds. The molecule has 6 nitrogen and oxygen atoms in total. The summed E-state index contributed by atoms with van der Waals surface area (Å²) in [7, 11) is 7.19. The van der Waals surface area contributed by atoms with Gasteiger partial charge < -0.3 is 14.4 Å². The summed E-state index contributed by atoms with van der Waals surface area (Å²) in [5, 5.41) is 0.560. The fourth-order valence-electron chi connectivity index (χ4n) is 2.85. The van der Waals surface area contributed by atoms with Gasteiger partial charge >= 0.3 is 0 Å². The van der Waals surface area contributed by atoms with Crippen LogP contribution in [0.25, 0.3) is 10.2 Å². The number of amides is 1. The second-order valence-electron chi connectivity index (χ2n) is 6.50. The van der Waals surface area contributed by atoms with E-state index in [2.05, 4.69) is 4.90 Å².